The highest BCUT2D eigenvalue weighted by Gasteiger charge is 2.05. The van der Waals surface area contributed by atoms with Crippen LogP contribution in [0, 0.1) is 6.92 Å². The van der Waals surface area contributed by atoms with Crippen molar-refractivity contribution in [2.24, 2.45) is 0 Å². The van der Waals surface area contributed by atoms with Gasteiger partial charge in [0, 0.05) is 11.6 Å². The molecule has 5 nitrogen and oxygen atoms in total. The lowest BCUT2D eigenvalue weighted by atomic mass is 10.2. The van der Waals surface area contributed by atoms with Crippen molar-refractivity contribution in [1.82, 2.24) is 4.98 Å². The van der Waals surface area contributed by atoms with Crippen LogP contribution in [0.1, 0.15) is 11.1 Å². The molecule has 0 aliphatic carbocycles. The molecule has 1 heterocycles. The summed E-state index contributed by atoms with van der Waals surface area (Å²) in [6, 6.07) is 18.8. The molecule has 0 spiro atoms. The smallest absolute Gasteiger partial charge is 0.263 e. The van der Waals surface area contributed by atoms with Crippen molar-refractivity contribution < 1.29 is 9.53 Å². The molecule has 3 rings (SSSR count). The summed E-state index contributed by atoms with van der Waals surface area (Å²) in [5.74, 6) is 0.875. The number of halogens is 1. The van der Waals surface area contributed by atoms with Crippen molar-refractivity contribution in [2.45, 2.75) is 13.5 Å². The van der Waals surface area contributed by atoms with Crippen LogP contribution in [-0.4, -0.2) is 17.5 Å². The number of hydrogen-bond donors (Lipinski definition) is 2. The minimum atomic E-state index is -0.259. The molecule has 6 heteroatoms. The fraction of sp³-hybridized carbons (Fsp3) is 0.143. The van der Waals surface area contributed by atoms with Gasteiger partial charge in [-0.15, -0.1) is 0 Å². The summed E-state index contributed by atoms with van der Waals surface area (Å²) in [5.41, 5.74) is 3.12. The van der Waals surface area contributed by atoms with Crippen molar-refractivity contribution in [3.05, 3.63) is 83.0 Å². The number of carbonyl (C=O) groups excluding carboxylic acids is 1. The molecule has 1 amide bonds. The van der Waals surface area contributed by atoms with E-state index in [1.165, 1.54) is 0 Å². The summed E-state index contributed by atoms with van der Waals surface area (Å²) >= 11 is 5.88. The highest BCUT2D eigenvalue weighted by molar-refractivity contribution is 6.30. The lowest BCUT2D eigenvalue weighted by Gasteiger charge is -2.09. The summed E-state index contributed by atoms with van der Waals surface area (Å²) in [6.45, 7) is 2.59. The Morgan fingerprint density at radius 1 is 1.04 bits per heavy atom. The number of nitrogens with one attached hydrogen (secondary N) is 2. The number of carbonyl (C=O) groups is 1. The van der Waals surface area contributed by atoms with Gasteiger partial charge in [-0.05, 0) is 48.9 Å². The van der Waals surface area contributed by atoms with E-state index in [1.54, 1.807) is 12.3 Å². The van der Waals surface area contributed by atoms with E-state index < -0.39 is 0 Å². The first-order chi connectivity index (χ1) is 13.1. The lowest BCUT2D eigenvalue weighted by molar-refractivity contribution is -0.118. The molecule has 3 aromatic rings. The number of hydrogen-bond acceptors (Lipinski definition) is 4. The van der Waals surface area contributed by atoms with Crippen LogP contribution >= 0.6 is 11.6 Å². The second-order valence-electron chi connectivity index (χ2n) is 6.06. The predicted molar refractivity (Wildman–Crippen MR) is 108 cm³/mol. The molecule has 0 saturated heterocycles. The van der Waals surface area contributed by atoms with Crippen LogP contribution in [0.4, 0.5) is 11.5 Å². The van der Waals surface area contributed by atoms with E-state index in [4.69, 9.17) is 16.3 Å². The Labute approximate surface area is 163 Å². The van der Waals surface area contributed by atoms with E-state index in [0.29, 0.717) is 23.1 Å². The third kappa shape index (κ3) is 6.01. The molecule has 0 fully saturated rings. The average molecular weight is 382 g/mol. The summed E-state index contributed by atoms with van der Waals surface area (Å²) < 4.78 is 5.45. The third-order valence-electron chi connectivity index (χ3n) is 3.83. The molecule has 0 saturated carbocycles. The summed E-state index contributed by atoms with van der Waals surface area (Å²) in [6.07, 6.45) is 1.67. The fourth-order valence-electron chi connectivity index (χ4n) is 2.34. The van der Waals surface area contributed by atoms with E-state index >= 15 is 0 Å². The van der Waals surface area contributed by atoms with Crippen LogP contribution in [0.25, 0.3) is 0 Å². The average Bonchev–Trinajstić information content (AvgIpc) is 2.68. The van der Waals surface area contributed by atoms with Crippen molar-refractivity contribution in [2.75, 3.05) is 17.2 Å². The number of amides is 1. The minimum Gasteiger partial charge on any atom is -0.484 e. The van der Waals surface area contributed by atoms with Crippen LogP contribution < -0.4 is 15.4 Å². The Kier molecular flexibility index (Phi) is 6.28. The van der Waals surface area contributed by atoms with Gasteiger partial charge < -0.3 is 15.4 Å². The third-order valence-corrected chi connectivity index (χ3v) is 4.08. The zero-order valence-electron chi connectivity index (χ0n) is 14.9. The van der Waals surface area contributed by atoms with Gasteiger partial charge in [-0.3, -0.25) is 4.79 Å². The standard InChI is InChI=1S/C21H20ClN3O2/c1-15-2-9-19(10-3-15)27-14-21(26)25-20-11-8-18(13-24-20)23-12-16-4-6-17(22)7-5-16/h2-11,13,23H,12,14H2,1H3,(H,24,25,26). The molecule has 0 bridgehead atoms. The van der Waals surface area contributed by atoms with Gasteiger partial charge in [-0.2, -0.15) is 0 Å². The number of aromatic nitrogens is 1. The SMILES string of the molecule is Cc1ccc(OCC(=O)Nc2ccc(NCc3ccc(Cl)cc3)cn2)cc1. The number of pyridine rings is 1. The van der Waals surface area contributed by atoms with Crippen LogP contribution in [-0.2, 0) is 11.3 Å². The Balaban J connectivity index is 1.45. The number of rotatable bonds is 7. The van der Waals surface area contributed by atoms with Crippen LogP contribution in [0.2, 0.25) is 5.02 Å². The number of nitrogens with zero attached hydrogens (tertiary/aromatic N) is 1. The van der Waals surface area contributed by atoms with E-state index in [1.807, 2.05) is 61.5 Å². The maximum Gasteiger partial charge on any atom is 0.263 e. The van der Waals surface area contributed by atoms with Crippen molar-refractivity contribution >= 4 is 29.0 Å². The fourth-order valence-corrected chi connectivity index (χ4v) is 2.47. The van der Waals surface area contributed by atoms with Crippen molar-refractivity contribution in [3.8, 4) is 5.75 Å². The Morgan fingerprint density at radius 2 is 1.78 bits per heavy atom. The van der Waals surface area contributed by atoms with E-state index in [2.05, 4.69) is 15.6 Å². The number of benzene rings is 2. The second-order valence-corrected chi connectivity index (χ2v) is 6.50. The summed E-state index contributed by atoms with van der Waals surface area (Å²) in [7, 11) is 0. The molecule has 1 aromatic heterocycles. The maximum atomic E-state index is 12.0. The zero-order chi connectivity index (χ0) is 19.1. The molecule has 27 heavy (non-hydrogen) atoms. The Bertz CT molecular complexity index is 879. The Hall–Kier alpha value is -3.05. The highest BCUT2D eigenvalue weighted by atomic mass is 35.5. The number of anilines is 2. The number of aryl methyl sites for hydroxylation is 1. The quantitative estimate of drug-likeness (QED) is 0.624. The molecule has 0 aliphatic heterocycles. The Morgan fingerprint density at radius 3 is 2.44 bits per heavy atom. The first kappa shape index (κ1) is 18.7. The number of ether oxygens (including phenoxy) is 1. The first-order valence-electron chi connectivity index (χ1n) is 8.52. The van der Waals surface area contributed by atoms with Gasteiger partial charge >= 0.3 is 0 Å². The summed E-state index contributed by atoms with van der Waals surface area (Å²) in [4.78, 5) is 16.2. The molecule has 0 atom stereocenters. The van der Waals surface area contributed by atoms with Crippen molar-refractivity contribution in [1.29, 1.82) is 0 Å². The largest absolute Gasteiger partial charge is 0.484 e. The molecule has 2 aromatic carbocycles. The molecular formula is C21H20ClN3O2. The lowest BCUT2D eigenvalue weighted by Crippen LogP contribution is -2.20. The molecule has 0 unspecified atom stereocenters. The van der Waals surface area contributed by atoms with E-state index in [-0.39, 0.29) is 12.5 Å². The second kappa shape index (κ2) is 9.05. The monoisotopic (exact) mass is 381 g/mol. The van der Waals surface area contributed by atoms with Crippen LogP contribution in [0.5, 0.6) is 5.75 Å². The van der Waals surface area contributed by atoms with Crippen molar-refractivity contribution in [3.63, 3.8) is 0 Å². The van der Waals surface area contributed by atoms with Gasteiger partial charge in [-0.1, -0.05) is 41.4 Å². The van der Waals surface area contributed by atoms with E-state index in [0.717, 1.165) is 16.8 Å². The zero-order valence-corrected chi connectivity index (χ0v) is 15.7. The minimum absolute atomic E-state index is 0.0681. The molecule has 2 N–H and O–H groups in total. The van der Waals surface area contributed by atoms with Gasteiger partial charge in [0.15, 0.2) is 6.61 Å². The van der Waals surface area contributed by atoms with Crippen LogP contribution in [0.15, 0.2) is 66.9 Å². The topological polar surface area (TPSA) is 63.2 Å². The first-order valence-corrected chi connectivity index (χ1v) is 8.90. The molecule has 0 radical (unpaired) electrons. The summed E-state index contributed by atoms with van der Waals surface area (Å²) in [5, 5.41) is 6.70. The molecule has 0 aliphatic rings. The van der Waals surface area contributed by atoms with Gasteiger partial charge in [0.25, 0.3) is 5.91 Å². The molecule has 138 valence electrons. The normalized spacial score (nSPS) is 10.3. The van der Waals surface area contributed by atoms with E-state index in [9.17, 15) is 4.79 Å². The van der Waals surface area contributed by atoms with Gasteiger partial charge in [0.05, 0.1) is 11.9 Å². The highest BCUT2D eigenvalue weighted by Crippen LogP contribution is 2.14. The van der Waals surface area contributed by atoms with Gasteiger partial charge in [0.1, 0.15) is 11.6 Å². The molecular weight excluding hydrogens is 362 g/mol. The van der Waals surface area contributed by atoms with Crippen LogP contribution in [0.3, 0.4) is 0 Å². The van der Waals surface area contributed by atoms with Gasteiger partial charge in [0.2, 0.25) is 0 Å². The maximum absolute atomic E-state index is 12.0. The predicted octanol–water partition coefficient (Wildman–Crippen LogP) is 4.67. The van der Waals surface area contributed by atoms with Gasteiger partial charge in [-0.25, -0.2) is 4.98 Å².